The number of sulfonamides is 2. The van der Waals surface area contributed by atoms with Gasteiger partial charge in [-0.15, -0.1) is 0 Å². The summed E-state index contributed by atoms with van der Waals surface area (Å²) in [5, 5.41) is 22.4. The lowest BCUT2D eigenvalue weighted by Crippen LogP contribution is -2.45. The Kier molecular flexibility index (Phi) is 13.0. The molecule has 0 aromatic heterocycles. The van der Waals surface area contributed by atoms with Gasteiger partial charge in [0.05, 0.1) is 9.79 Å². The van der Waals surface area contributed by atoms with Crippen molar-refractivity contribution in [1.82, 2.24) is 14.3 Å². The molecule has 15 heteroatoms. The van der Waals surface area contributed by atoms with Crippen LogP contribution in [0.15, 0.2) is 82.6 Å². The molecule has 4 rings (SSSR count). The van der Waals surface area contributed by atoms with E-state index in [1.807, 2.05) is 61.9 Å². The Morgan fingerprint density at radius 3 is 1.33 bits per heavy atom. The molecule has 0 radical (unpaired) electrons. The first kappa shape index (κ1) is 39.5. The van der Waals surface area contributed by atoms with E-state index in [1.165, 1.54) is 12.1 Å². The minimum absolute atomic E-state index is 0.0431. The molecular formula is C36H47N5O8S2. The summed E-state index contributed by atoms with van der Waals surface area (Å²) in [5.74, 6) is -2.71. The lowest BCUT2D eigenvalue weighted by Gasteiger charge is -2.26. The number of carboxylic acid groups (broad SMARTS) is 2. The van der Waals surface area contributed by atoms with Crippen molar-refractivity contribution in [2.24, 2.45) is 0 Å². The normalized spacial score (nSPS) is 13.4. The van der Waals surface area contributed by atoms with E-state index in [0.29, 0.717) is 34.5 Å². The number of anilines is 2. The topological polar surface area (TPSA) is 177 Å². The first-order valence-electron chi connectivity index (χ1n) is 16.7. The van der Waals surface area contributed by atoms with Crippen molar-refractivity contribution in [3.05, 3.63) is 72.8 Å². The third-order valence-electron chi connectivity index (χ3n) is 8.75. The number of unbranched alkanes of at least 4 members (excludes halogenated alkanes) is 1. The molecule has 4 N–H and O–H groups in total. The van der Waals surface area contributed by atoms with E-state index < -0.39 is 44.1 Å². The highest BCUT2D eigenvalue weighted by molar-refractivity contribution is 7.90. The molecule has 0 saturated heterocycles. The van der Waals surface area contributed by atoms with E-state index in [-0.39, 0.29) is 35.7 Å². The minimum atomic E-state index is -4.27. The maximum absolute atomic E-state index is 13.6. The summed E-state index contributed by atoms with van der Waals surface area (Å²) in [7, 11) is -1.16. The van der Waals surface area contributed by atoms with Crippen LogP contribution in [0.2, 0.25) is 0 Å². The van der Waals surface area contributed by atoms with Gasteiger partial charge in [0.1, 0.15) is 12.1 Å². The largest absolute Gasteiger partial charge is 0.480 e. The van der Waals surface area contributed by atoms with Gasteiger partial charge in [0.15, 0.2) is 0 Å². The maximum atomic E-state index is 13.6. The number of benzene rings is 4. The fraction of sp³-hybridized carbons (Fsp3) is 0.389. The molecule has 0 fully saturated rings. The van der Waals surface area contributed by atoms with Crippen LogP contribution in [0, 0.1) is 0 Å². The fourth-order valence-electron chi connectivity index (χ4n) is 6.09. The van der Waals surface area contributed by atoms with Gasteiger partial charge in [-0.25, -0.2) is 16.8 Å². The van der Waals surface area contributed by atoms with Crippen LogP contribution in [0.1, 0.15) is 32.6 Å². The van der Waals surface area contributed by atoms with E-state index >= 15 is 0 Å². The molecular weight excluding hydrogens is 695 g/mol. The van der Waals surface area contributed by atoms with E-state index in [9.17, 15) is 36.6 Å². The summed E-state index contributed by atoms with van der Waals surface area (Å²) in [6, 6.07) is 17.3. The summed E-state index contributed by atoms with van der Waals surface area (Å²) in [6.45, 7) is 2.69. The van der Waals surface area contributed by atoms with Crippen molar-refractivity contribution >= 4 is 64.9 Å². The van der Waals surface area contributed by atoms with Gasteiger partial charge in [0.2, 0.25) is 20.0 Å². The summed E-state index contributed by atoms with van der Waals surface area (Å²) in [5.41, 5.74) is 1.62. The van der Waals surface area contributed by atoms with Gasteiger partial charge < -0.3 is 24.9 Å². The van der Waals surface area contributed by atoms with Crippen molar-refractivity contribution in [3.63, 3.8) is 0 Å². The van der Waals surface area contributed by atoms with Crippen LogP contribution in [0.4, 0.5) is 11.4 Å². The molecule has 0 bridgehead atoms. The van der Waals surface area contributed by atoms with Gasteiger partial charge in [-0.3, -0.25) is 9.59 Å². The zero-order valence-corrected chi connectivity index (χ0v) is 31.2. The molecule has 0 saturated carbocycles. The second-order valence-corrected chi connectivity index (χ2v) is 16.2. The third kappa shape index (κ3) is 9.54. The van der Waals surface area contributed by atoms with Gasteiger partial charge in [-0.2, -0.15) is 9.44 Å². The van der Waals surface area contributed by atoms with Crippen molar-refractivity contribution in [2.75, 3.05) is 57.6 Å². The lowest BCUT2D eigenvalue weighted by molar-refractivity contribution is -0.139. The smallest absolute Gasteiger partial charge is 0.321 e. The van der Waals surface area contributed by atoms with Crippen molar-refractivity contribution in [1.29, 1.82) is 0 Å². The van der Waals surface area contributed by atoms with Crippen LogP contribution in [0.25, 0.3) is 21.5 Å². The monoisotopic (exact) mass is 741 g/mol. The van der Waals surface area contributed by atoms with Crippen LogP contribution in [-0.2, 0) is 29.6 Å². The Morgan fingerprint density at radius 2 is 0.980 bits per heavy atom. The Labute approximate surface area is 300 Å². The molecule has 0 amide bonds. The van der Waals surface area contributed by atoms with Crippen LogP contribution in [0.5, 0.6) is 0 Å². The zero-order valence-electron chi connectivity index (χ0n) is 29.5. The number of aliphatic carboxylic acids is 2. The molecule has 2 unspecified atom stereocenters. The highest BCUT2D eigenvalue weighted by Crippen LogP contribution is 2.31. The van der Waals surface area contributed by atoms with Gasteiger partial charge in [-0.1, -0.05) is 61.9 Å². The van der Waals surface area contributed by atoms with Crippen LogP contribution in [-0.4, -0.2) is 104 Å². The number of nitrogens with zero attached hydrogens (tertiary/aromatic N) is 3. The predicted molar refractivity (Wildman–Crippen MR) is 201 cm³/mol. The highest BCUT2D eigenvalue weighted by atomic mass is 32.2. The first-order valence-corrected chi connectivity index (χ1v) is 19.6. The van der Waals surface area contributed by atoms with Gasteiger partial charge in [0.25, 0.3) is 0 Å². The molecule has 13 nitrogen and oxygen atoms in total. The SMILES string of the molecule is CCCCN(CCC(NS(=O)(=O)c1cccc2c(N(C)C)cccc12)C(=O)O)CCC(NS(=O)(=O)c1cccc2c(N(C)C)cccc12)C(=O)O. The molecule has 4 aromatic carbocycles. The highest BCUT2D eigenvalue weighted by Gasteiger charge is 2.30. The lowest BCUT2D eigenvalue weighted by atomic mass is 10.1. The molecule has 2 atom stereocenters. The molecule has 0 aliphatic heterocycles. The standard InChI is InChI=1S/C36H47N5O8S2/c1-6-7-22-41(23-20-29(35(42)43)37-50(46,47)33-18-10-12-25-27(33)14-8-16-31(25)39(2)3)24-21-30(36(44)45)38-51(48,49)34-19-11-13-26-28(34)15-9-17-32(26)40(4)5/h8-19,29-30,37-38H,6-7,20-24H2,1-5H3,(H,42,43)(H,44,45). The number of rotatable bonds is 19. The summed E-state index contributed by atoms with van der Waals surface area (Å²) in [4.78, 5) is 30.1. The molecule has 4 aromatic rings. The van der Waals surface area contributed by atoms with Crippen LogP contribution < -0.4 is 19.2 Å². The van der Waals surface area contributed by atoms with Gasteiger partial charge >= 0.3 is 11.9 Å². The zero-order chi connectivity index (χ0) is 37.5. The van der Waals surface area contributed by atoms with Gasteiger partial charge in [-0.05, 0) is 50.1 Å². The Morgan fingerprint density at radius 1 is 0.608 bits per heavy atom. The average molecular weight is 742 g/mol. The summed E-state index contributed by atoms with van der Waals surface area (Å²) < 4.78 is 59.1. The minimum Gasteiger partial charge on any atom is -0.480 e. The van der Waals surface area contributed by atoms with Crippen LogP contribution in [0.3, 0.4) is 0 Å². The second kappa shape index (κ2) is 16.8. The van der Waals surface area contributed by atoms with Crippen molar-refractivity contribution < 1.29 is 36.6 Å². The second-order valence-electron chi connectivity index (χ2n) is 12.8. The fourth-order valence-corrected chi connectivity index (χ4v) is 8.98. The summed E-state index contributed by atoms with van der Waals surface area (Å²) in [6.07, 6.45) is 1.28. The molecule has 0 aliphatic carbocycles. The predicted octanol–water partition coefficient (Wildman–Crippen LogP) is 4.17. The number of carbonyl (C=O) groups is 2. The summed E-state index contributed by atoms with van der Waals surface area (Å²) >= 11 is 0. The number of carboxylic acids is 2. The van der Waals surface area contributed by atoms with Gasteiger partial charge in [0, 0.05) is 74.2 Å². The molecule has 0 spiro atoms. The van der Waals surface area contributed by atoms with Crippen molar-refractivity contribution in [2.45, 2.75) is 54.5 Å². The molecule has 276 valence electrons. The number of fused-ring (bicyclic) bond motifs is 2. The molecule has 0 heterocycles. The Balaban J connectivity index is 1.50. The van der Waals surface area contributed by atoms with E-state index in [4.69, 9.17) is 0 Å². The van der Waals surface area contributed by atoms with Crippen LogP contribution >= 0.6 is 0 Å². The molecule has 0 aliphatic rings. The van der Waals surface area contributed by atoms with E-state index in [0.717, 1.165) is 17.8 Å². The number of nitrogens with one attached hydrogen (secondary N) is 2. The maximum Gasteiger partial charge on any atom is 0.321 e. The number of hydrogen-bond donors (Lipinski definition) is 4. The number of hydrogen-bond acceptors (Lipinski definition) is 9. The Hall–Kier alpha value is -4.28. The third-order valence-corrected chi connectivity index (χ3v) is 11.8. The Bertz CT molecular complexity index is 1940. The first-order chi connectivity index (χ1) is 24.1. The van der Waals surface area contributed by atoms with E-state index in [1.54, 1.807) is 48.5 Å². The quantitative estimate of drug-likeness (QED) is 0.109. The average Bonchev–Trinajstić information content (AvgIpc) is 3.08. The van der Waals surface area contributed by atoms with Crippen molar-refractivity contribution in [3.8, 4) is 0 Å². The molecule has 51 heavy (non-hydrogen) atoms. The van der Waals surface area contributed by atoms with E-state index in [2.05, 4.69) is 9.44 Å².